The molecular weight excluding hydrogens is 331 g/mol. The summed E-state index contributed by atoms with van der Waals surface area (Å²) in [5.74, 6) is 0.645. The molecular formula is C14H20N2OSn. The van der Waals surface area contributed by atoms with E-state index in [-0.39, 0.29) is 0 Å². The molecule has 0 N–H and O–H groups in total. The van der Waals surface area contributed by atoms with Crippen LogP contribution in [0.3, 0.4) is 0 Å². The summed E-state index contributed by atoms with van der Waals surface area (Å²) < 4.78 is 9.84. The number of hydrogen-bond donors (Lipinski definition) is 0. The molecule has 0 spiro atoms. The Morgan fingerprint density at radius 2 is 1.83 bits per heavy atom. The van der Waals surface area contributed by atoms with Gasteiger partial charge in [-0.05, 0) is 0 Å². The van der Waals surface area contributed by atoms with Crippen molar-refractivity contribution < 1.29 is 4.74 Å². The summed E-state index contributed by atoms with van der Waals surface area (Å²) in [5.41, 5.74) is 1.08. The van der Waals surface area contributed by atoms with E-state index in [0.717, 1.165) is 5.69 Å². The third kappa shape index (κ3) is 2.71. The van der Waals surface area contributed by atoms with E-state index in [1.165, 1.54) is 4.44 Å². The van der Waals surface area contributed by atoms with Crippen LogP contribution in [0.1, 0.15) is 6.92 Å². The average Bonchev–Trinajstić information content (AvgIpc) is 2.87. The number of ether oxygens (including phenoxy) is 1. The summed E-state index contributed by atoms with van der Waals surface area (Å²) in [4.78, 5) is 4.95. The minimum absolute atomic E-state index is 0.645. The van der Waals surface area contributed by atoms with E-state index >= 15 is 0 Å². The number of methoxy groups -OCH3 is 1. The Morgan fingerprint density at radius 3 is 2.33 bits per heavy atom. The average molecular weight is 351 g/mol. The Kier molecular flexibility index (Phi) is 4.00. The fourth-order valence-electron chi connectivity index (χ4n) is 1.83. The second-order valence-corrected chi connectivity index (χ2v) is 19.5. The van der Waals surface area contributed by atoms with Gasteiger partial charge >= 0.3 is 113 Å². The van der Waals surface area contributed by atoms with Gasteiger partial charge < -0.3 is 0 Å². The predicted molar refractivity (Wildman–Crippen MR) is 77.7 cm³/mol. The van der Waals surface area contributed by atoms with Gasteiger partial charge in [-0.15, -0.1) is 0 Å². The van der Waals surface area contributed by atoms with Gasteiger partial charge in [-0.1, -0.05) is 0 Å². The van der Waals surface area contributed by atoms with Gasteiger partial charge in [-0.3, -0.25) is 0 Å². The van der Waals surface area contributed by atoms with E-state index in [1.807, 2.05) is 16.9 Å². The third-order valence-electron chi connectivity index (χ3n) is 3.57. The van der Waals surface area contributed by atoms with Crippen LogP contribution < -0.4 is 8.32 Å². The third-order valence-corrected chi connectivity index (χ3v) is 14.0. The molecule has 0 bridgehead atoms. The van der Waals surface area contributed by atoms with Crippen molar-refractivity contribution >= 4 is 22.0 Å². The van der Waals surface area contributed by atoms with Crippen LogP contribution in [0.2, 0.25) is 14.3 Å². The predicted octanol–water partition coefficient (Wildman–Crippen LogP) is 2.82. The Labute approximate surface area is 113 Å². The first-order valence-electron chi connectivity index (χ1n) is 6.27. The maximum atomic E-state index is 5.09. The molecule has 0 amide bonds. The van der Waals surface area contributed by atoms with Gasteiger partial charge in [-0.25, -0.2) is 0 Å². The van der Waals surface area contributed by atoms with Crippen LogP contribution in [0.25, 0.3) is 5.69 Å². The van der Waals surface area contributed by atoms with E-state index in [9.17, 15) is 0 Å². The fraction of sp³-hybridized carbons (Fsp3) is 0.357. The van der Waals surface area contributed by atoms with Crippen molar-refractivity contribution in [1.29, 1.82) is 0 Å². The molecule has 0 fully saturated rings. The van der Waals surface area contributed by atoms with Gasteiger partial charge in [0.25, 0.3) is 0 Å². The number of nitrogens with zero attached hydrogens (tertiary/aromatic N) is 2. The van der Waals surface area contributed by atoms with Crippen molar-refractivity contribution in [3.05, 3.63) is 36.5 Å². The molecule has 0 radical (unpaired) electrons. The van der Waals surface area contributed by atoms with E-state index in [2.05, 4.69) is 46.2 Å². The zero-order valence-corrected chi connectivity index (χ0v) is 14.3. The van der Waals surface area contributed by atoms with Gasteiger partial charge in [0, 0.05) is 0 Å². The summed E-state index contributed by atoms with van der Waals surface area (Å²) in [7, 11) is 1.63. The van der Waals surface area contributed by atoms with Crippen molar-refractivity contribution in [2.75, 3.05) is 7.11 Å². The van der Waals surface area contributed by atoms with Gasteiger partial charge in [0.1, 0.15) is 0 Å². The molecule has 0 aliphatic rings. The van der Waals surface area contributed by atoms with Crippen LogP contribution >= 0.6 is 0 Å². The number of rotatable bonds is 4. The molecule has 0 aliphatic carbocycles. The summed E-state index contributed by atoms with van der Waals surface area (Å²) in [6.07, 6.45) is 1.92. The molecule has 0 saturated heterocycles. The standard InChI is InChI=1S/C10H9N2O.C2H5.2CH3.Sn/c1-13-10-7-8-12(11-10)9-5-3-2-4-6-9;1-2;;;/h3-8H,1H3;1H2,2H3;2*1H3;. The molecule has 4 heteroatoms. The van der Waals surface area contributed by atoms with Crippen molar-refractivity contribution in [2.45, 2.75) is 21.2 Å². The molecule has 0 atom stereocenters. The number of benzene rings is 1. The van der Waals surface area contributed by atoms with Crippen LogP contribution in [0, 0.1) is 0 Å². The van der Waals surface area contributed by atoms with Gasteiger partial charge in [0.2, 0.25) is 0 Å². The normalized spacial score (nSPS) is 11.6. The van der Waals surface area contributed by atoms with Crippen LogP contribution in [0.5, 0.6) is 5.88 Å². The maximum absolute atomic E-state index is 5.09. The molecule has 0 aliphatic heterocycles. The monoisotopic (exact) mass is 352 g/mol. The van der Waals surface area contributed by atoms with E-state index < -0.39 is 18.4 Å². The number of hydrogen-bond acceptors (Lipinski definition) is 2. The molecule has 2 rings (SSSR count). The van der Waals surface area contributed by atoms with E-state index in [0.29, 0.717) is 5.88 Å². The van der Waals surface area contributed by atoms with Crippen LogP contribution in [-0.4, -0.2) is 35.3 Å². The van der Waals surface area contributed by atoms with Crippen molar-refractivity contribution in [1.82, 2.24) is 9.78 Å². The van der Waals surface area contributed by atoms with E-state index in [1.54, 1.807) is 10.7 Å². The summed E-state index contributed by atoms with van der Waals surface area (Å²) in [6, 6.07) is 10.7. The number of aromatic nitrogens is 2. The first-order valence-corrected chi connectivity index (χ1v) is 15.4. The molecule has 1 heterocycles. The van der Waals surface area contributed by atoms with Gasteiger partial charge in [0.15, 0.2) is 0 Å². The van der Waals surface area contributed by atoms with Crippen LogP contribution in [0.4, 0.5) is 0 Å². The van der Waals surface area contributed by atoms with Crippen LogP contribution in [-0.2, 0) is 0 Å². The second-order valence-electron chi connectivity index (χ2n) is 5.09. The molecule has 0 unspecified atom stereocenters. The Balaban J connectivity index is 2.27. The Morgan fingerprint density at radius 1 is 1.17 bits per heavy atom. The van der Waals surface area contributed by atoms with Crippen molar-refractivity contribution in [2.24, 2.45) is 0 Å². The Bertz CT molecular complexity index is 517. The second kappa shape index (κ2) is 5.34. The summed E-state index contributed by atoms with van der Waals surface area (Å²) in [6.45, 7) is 2.31. The van der Waals surface area contributed by atoms with E-state index in [4.69, 9.17) is 4.74 Å². The molecule has 2 aromatic rings. The first-order chi connectivity index (χ1) is 8.56. The molecule has 1 aromatic heterocycles. The molecule has 96 valence electrons. The molecule has 3 nitrogen and oxygen atoms in total. The fourth-order valence-corrected chi connectivity index (χ4v) is 6.05. The van der Waals surface area contributed by atoms with Gasteiger partial charge in [-0.2, -0.15) is 0 Å². The zero-order chi connectivity index (χ0) is 13.2. The molecule has 18 heavy (non-hydrogen) atoms. The quantitative estimate of drug-likeness (QED) is 0.793. The van der Waals surface area contributed by atoms with Gasteiger partial charge in [0.05, 0.1) is 0 Å². The summed E-state index contributed by atoms with van der Waals surface area (Å²) >= 11 is -1.98. The first kappa shape index (κ1) is 13.5. The SMILES string of the molecule is C[CH2][Sn]([CH3])([CH3])[c]1ccc(-n2ccc(OC)n2)cc1. The topological polar surface area (TPSA) is 27.1 Å². The zero-order valence-electron chi connectivity index (χ0n) is 11.5. The minimum atomic E-state index is -1.98. The van der Waals surface area contributed by atoms with Crippen molar-refractivity contribution in [3.63, 3.8) is 0 Å². The van der Waals surface area contributed by atoms with Crippen molar-refractivity contribution in [3.8, 4) is 11.6 Å². The molecule has 1 aromatic carbocycles. The molecule has 0 saturated carbocycles. The Hall–Kier alpha value is -0.971. The van der Waals surface area contributed by atoms with Crippen LogP contribution in [0.15, 0.2) is 36.5 Å². The summed E-state index contributed by atoms with van der Waals surface area (Å²) in [5, 5.41) is 4.32.